The standard InChI is InChI=1S/C50H84N4O35/c1-12-27(64)35(72)36(73)48(78-12)87-41-26(54-16(5)63)45(84-21(10-59)39(41)85-49-37(74)42(30(67)19(8-57)82-49)88-46-23(51-13(2)60)33(70)28(65)17(6-55)80-46)77-11-22-32(69)40(25(44(76)79-22)53-15(4)62)86-50-38(75)43(31(68)20(9-58)83-50)89-47-24(52-14(3)61)34(71)29(66)18(7-56)81-47/h12,17-50,55-59,64-76H,6-11H2,1-5H3,(H,51,60)(H,52,61)(H,53,62)(H,54,63)/t12-,17+,18+,19+,20+,21+,22+,23+,24+,25+,26+,27+,28-,29-,30-,31-,32-,33+,34+,35+,36-,37+,38+,39+,40+,41+,42-,43-,44-,45+,46-,47-,48-,49-,50-/m0/s1. The molecule has 22 N–H and O–H groups in total. The molecule has 0 aromatic rings. The third-order valence-corrected chi connectivity index (χ3v) is 16.1. The quantitative estimate of drug-likeness (QED) is 0.0479. The maximum atomic E-state index is 13.2. The van der Waals surface area contributed by atoms with Crippen LogP contribution in [0.3, 0.4) is 0 Å². The Bertz CT molecular complexity index is 2290. The molecular formula is C50H84N4O35. The van der Waals surface area contributed by atoms with Gasteiger partial charge in [0.05, 0.1) is 45.7 Å². The van der Waals surface area contributed by atoms with Gasteiger partial charge in [0, 0.05) is 27.7 Å². The number of carbonyl (C=O) groups excluding carboxylic acids is 4. The van der Waals surface area contributed by atoms with Crippen LogP contribution >= 0.6 is 0 Å². The average Bonchev–Trinajstić information content (AvgIpc) is 2.10. The summed E-state index contributed by atoms with van der Waals surface area (Å²) >= 11 is 0. The summed E-state index contributed by atoms with van der Waals surface area (Å²) in [6.45, 7) is -0.588. The topological polar surface area (TPSA) is 601 Å². The van der Waals surface area contributed by atoms with E-state index in [4.69, 9.17) is 61.6 Å². The second kappa shape index (κ2) is 31.7. The van der Waals surface area contributed by atoms with Gasteiger partial charge < -0.3 is 175 Å². The molecule has 7 aliphatic rings. The number of amides is 4. The van der Waals surface area contributed by atoms with Crippen molar-refractivity contribution in [2.45, 2.75) is 249 Å². The monoisotopic (exact) mass is 1300 g/mol. The molecule has 0 unspecified atom stereocenters. The third-order valence-electron chi connectivity index (χ3n) is 16.1. The summed E-state index contributed by atoms with van der Waals surface area (Å²) in [5, 5.41) is 207. The third kappa shape index (κ3) is 16.4. The summed E-state index contributed by atoms with van der Waals surface area (Å²) in [5.41, 5.74) is 0. The van der Waals surface area contributed by atoms with Gasteiger partial charge in [0.25, 0.3) is 0 Å². The number of rotatable bonds is 22. The second-order valence-corrected chi connectivity index (χ2v) is 22.5. The Kier molecular flexibility index (Phi) is 26.0. The van der Waals surface area contributed by atoms with E-state index in [2.05, 4.69) is 21.3 Å². The highest BCUT2D eigenvalue weighted by atomic mass is 16.8. The molecule has 514 valence electrons. The minimum Gasteiger partial charge on any atom is -0.394 e. The molecular weight excluding hydrogens is 1220 g/mol. The minimum atomic E-state index is -2.24. The van der Waals surface area contributed by atoms with Crippen LogP contribution in [0.25, 0.3) is 0 Å². The Morgan fingerprint density at radius 2 is 0.663 bits per heavy atom. The summed E-state index contributed by atoms with van der Waals surface area (Å²) in [5.74, 6) is -3.29. The smallest absolute Gasteiger partial charge is 0.217 e. The molecule has 0 aromatic heterocycles. The molecule has 39 nitrogen and oxygen atoms in total. The fourth-order valence-electron chi connectivity index (χ4n) is 11.4. The van der Waals surface area contributed by atoms with Gasteiger partial charge in [-0.15, -0.1) is 0 Å². The molecule has 0 bridgehead atoms. The highest BCUT2D eigenvalue weighted by Gasteiger charge is 2.59. The summed E-state index contributed by atoms with van der Waals surface area (Å²) in [4.78, 5) is 50.2. The summed E-state index contributed by atoms with van der Waals surface area (Å²) in [6, 6.07) is -6.84. The summed E-state index contributed by atoms with van der Waals surface area (Å²) < 4.78 is 76.7. The first-order valence-electron chi connectivity index (χ1n) is 28.5. The van der Waals surface area contributed by atoms with Crippen LogP contribution in [0.1, 0.15) is 34.6 Å². The van der Waals surface area contributed by atoms with Crippen LogP contribution in [-0.4, -0.2) is 370 Å². The molecule has 7 fully saturated rings. The van der Waals surface area contributed by atoms with Crippen molar-refractivity contribution in [3.8, 4) is 0 Å². The van der Waals surface area contributed by atoms with Crippen molar-refractivity contribution in [2.75, 3.05) is 39.6 Å². The number of aliphatic hydroxyl groups is 18. The van der Waals surface area contributed by atoms with Crippen LogP contribution in [0.4, 0.5) is 0 Å². The molecule has 35 atom stereocenters. The van der Waals surface area contributed by atoms with E-state index >= 15 is 0 Å². The van der Waals surface area contributed by atoms with E-state index in [1.165, 1.54) is 6.92 Å². The number of carbonyl (C=O) groups is 4. The van der Waals surface area contributed by atoms with Gasteiger partial charge in [-0.1, -0.05) is 0 Å². The van der Waals surface area contributed by atoms with Crippen LogP contribution < -0.4 is 21.3 Å². The van der Waals surface area contributed by atoms with Crippen LogP contribution in [0.15, 0.2) is 0 Å². The van der Waals surface area contributed by atoms with Crippen LogP contribution in [-0.2, 0) is 80.8 Å². The zero-order chi connectivity index (χ0) is 65.8. The summed E-state index contributed by atoms with van der Waals surface area (Å²) in [6.07, 6.45) is -59.1. The number of nitrogens with one attached hydrogen (secondary N) is 4. The van der Waals surface area contributed by atoms with E-state index < -0.39 is 278 Å². The molecule has 0 spiro atoms. The van der Waals surface area contributed by atoms with Crippen LogP contribution in [0.2, 0.25) is 0 Å². The maximum absolute atomic E-state index is 13.2. The first-order valence-corrected chi connectivity index (χ1v) is 28.5. The molecule has 0 aromatic carbocycles. The molecule has 0 saturated carbocycles. The van der Waals surface area contributed by atoms with Crippen molar-refractivity contribution in [3.05, 3.63) is 0 Å². The van der Waals surface area contributed by atoms with Crippen LogP contribution in [0, 0.1) is 0 Å². The molecule has 39 heteroatoms. The predicted molar refractivity (Wildman–Crippen MR) is 277 cm³/mol. The fraction of sp³-hybridized carbons (Fsp3) is 0.920. The zero-order valence-electron chi connectivity index (χ0n) is 48.4. The lowest BCUT2D eigenvalue weighted by Crippen LogP contribution is -2.71. The van der Waals surface area contributed by atoms with Gasteiger partial charge in [-0.25, -0.2) is 0 Å². The largest absolute Gasteiger partial charge is 0.394 e. The number of hydrogen-bond acceptors (Lipinski definition) is 35. The highest BCUT2D eigenvalue weighted by molar-refractivity contribution is 5.74. The molecule has 7 aliphatic heterocycles. The minimum absolute atomic E-state index is 0.770. The maximum Gasteiger partial charge on any atom is 0.217 e. The van der Waals surface area contributed by atoms with Gasteiger partial charge in [-0.2, -0.15) is 0 Å². The van der Waals surface area contributed by atoms with Gasteiger partial charge in [-0.3, -0.25) is 19.2 Å². The molecule has 7 saturated heterocycles. The predicted octanol–water partition coefficient (Wildman–Crippen LogP) is -14.7. The van der Waals surface area contributed by atoms with Gasteiger partial charge in [0.1, 0.15) is 165 Å². The molecule has 7 rings (SSSR count). The lowest BCUT2D eigenvalue weighted by molar-refractivity contribution is -0.385. The first-order chi connectivity index (χ1) is 42.0. The average molecular weight is 1300 g/mol. The lowest BCUT2D eigenvalue weighted by Gasteiger charge is -2.51. The first kappa shape index (κ1) is 73.1. The van der Waals surface area contributed by atoms with E-state index in [-0.39, 0.29) is 0 Å². The molecule has 4 amide bonds. The van der Waals surface area contributed by atoms with Crippen molar-refractivity contribution < 1.29 is 173 Å². The van der Waals surface area contributed by atoms with Gasteiger partial charge in [-0.05, 0) is 6.92 Å². The molecule has 7 heterocycles. The van der Waals surface area contributed by atoms with E-state index in [1.54, 1.807) is 0 Å². The van der Waals surface area contributed by atoms with Gasteiger partial charge >= 0.3 is 0 Å². The molecule has 0 radical (unpaired) electrons. The Hall–Kier alpha value is -3.36. The number of aliphatic hydroxyl groups excluding tert-OH is 18. The highest BCUT2D eigenvalue weighted by Crippen LogP contribution is 2.38. The molecule has 0 aliphatic carbocycles. The van der Waals surface area contributed by atoms with Crippen LogP contribution in [0.5, 0.6) is 0 Å². The SMILES string of the molecule is CC(=O)N[C@@H]1[C@@H](O[C@@H]2O[C@H](CO)[C@H](O)[C@H](O[C@@H]3O[C@H](CO)[C@H](O)[C@H](O)[C@H]3NC(C)=O)[C@H]2O)[C@@H](O)[C@@H](CO[C@@H]2O[C@H](CO)[C@@H](O[C@@H]3O[C@H](CO)[C@H](O)[C@H](O[C@@H]4O[C@H](CO)[C@H](O)[C@H](O)[C@H]4NC(C)=O)[C@H]3O)[C@H](O[C@@H]3O[C@@H](C)[C@@H](O)[C@@H](O)[C@@H]3O)[C@H]2NC(C)=O)O[C@@H]1O. The Morgan fingerprint density at radius 1 is 0.315 bits per heavy atom. The van der Waals surface area contributed by atoms with Gasteiger partial charge in [0.2, 0.25) is 23.6 Å². The number of hydrogen-bond donors (Lipinski definition) is 22. The zero-order valence-corrected chi connectivity index (χ0v) is 48.4. The van der Waals surface area contributed by atoms with Crippen molar-refractivity contribution in [1.29, 1.82) is 0 Å². The van der Waals surface area contributed by atoms with Crippen molar-refractivity contribution in [2.24, 2.45) is 0 Å². The van der Waals surface area contributed by atoms with Gasteiger partial charge in [0.15, 0.2) is 44.0 Å². The van der Waals surface area contributed by atoms with E-state index in [9.17, 15) is 111 Å². The van der Waals surface area contributed by atoms with Crippen molar-refractivity contribution in [3.63, 3.8) is 0 Å². The van der Waals surface area contributed by atoms with Crippen molar-refractivity contribution in [1.82, 2.24) is 21.3 Å². The Balaban J connectivity index is 1.18. The Labute approximate surface area is 505 Å². The second-order valence-electron chi connectivity index (χ2n) is 22.5. The molecule has 89 heavy (non-hydrogen) atoms. The Morgan fingerprint density at radius 3 is 1.10 bits per heavy atom. The van der Waals surface area contributed by atoms with E-state index in [1.807, 2.05) is 0 Å². The number of ether oxygens (including phenoxy) is 13. The lowest BCUT2D eigenvalue weighted by atomic mass is 9.93. The van der Waals surface area contributed by atoms with E-state index in [0.717, 1.165) is 27.7 Å². The normalized spacial score (nSPS) is 48.0. The van der Waals surface area contributed by atoms with Crippen molar-refractivity contribution >= 4 is 23.6 Å². The fourth-order valence-corrected chi connectivity index (χ4v) is 11.4. The summed E-state index contributed by atoms with van der Waals surface area (Å²) in [7, 11) is 0. The van der Waals surface area contributed by atoms with E-state index in [0.29, 0.717) is 0 Å².